The molecule has 0 radical (unpaired) electrons. The van der Waals surface area contributed by atoms with Crippen molar-refractivity contribution in [1.29, 1.82) is 0 Å². The largest absolute Gasteiger partial charge is 0.344 e. The molecule has 0 bridgehead atoms. The van der Waals surface area contributed by atoms with Crippen LogP contribution in [0.5, 0.6) is 0 Å². The topological polar surface area (TPSA) is 72.7 Å². The molecule has 1 saturated carbocycles. The SMILES string of the molecule is CC(=O)NC1(c2nnnn2-c2ccc(C)cc2)CCC(C)CC1. The molecule has 1 amide bonds. The zero-order valence-electron chi connectivity index (χ0n) is 13.9. The molecule has 2 aromatic rings. The first-order valence-corrected chi connectivity index (χ1v) is 8.15. The molecule has 0 spiro atoms. The molecule has 3 rings (SSSR count). The average Bonchev–Trinajstić information content (AvgIpc) is 3.00. The van der Waals surface area contributed by atoms with E-state index in [1.165, 1.54) is 5.56 Å². The molecule has 1 aromatic heterocycles. The summed E-state index contributed by atoms with van der Waals surface area (Å²) in [5.41, 5.74) is 1.62. The lowest BCUT2D eigenvalue weighted by molar-refractivity contribution is -0.121. The van der Waals surface area contributed by atoms with Crippen LogP contribution in [0.25, 0.3) is 5.69 Å². The molecule has 6 heteroatoms. The molecule has 1 aliphatic carbocycles. The van der Waals surface area contributed by atoms with E-state index < -0.39 is 5.54 Å². The van der Waals surface area contributed by atoms with Gasteiger partial charge in [0.2, 0.25) is 5.91 Å². The Balaban J connectivity index is 2.02. The van der Waals surface area contributed by atoms with Crippen LogP contribution in [0.2, 0.25) is 0 Å². The molecule has 1 aromatic carbocycles. The maximum atomic E-state index is 11.8. The van der Waals surface area contributed by atoms with Gasteiger partial charge in [0.25, 0.3) is 0 Å². The van der Waals surface area contributed by atoms with Gasteiger partial charge in [-0.2, -0.15) is 4.68 Å². The van der Waals surface area contributed by atoms with E-state index >= 15 is 0 Å². The third-order valence-electron chi connectivity index (χ3n) is 4.72. The van der Waals surface area contributed by atoms with Crippen molar-refractivity contribution in [1.82, 2.24) is 25.5 Å². The lowest BCUT2D eigenvalue weighted by Gasteiger charge is -2.38. The van der Waals surface area contributed by atoms with Crippen LogP contribution in [-0.4, -0.2) is 26.1 Å². The van der Waals surface area contributed by atoms with Crippen LogP contribution < -0.4 is 5.32 Å². The number of rotatable bonds is 3. The second-order valence-corrected chi connectivity index (χ2v) is 6.70. The number of hydrogen-bond donors (Lipinski definition) is 1. The fraction of sp³-hybridized carbons (Fsp3) is 0.529. The van der Waals surface area contributed by atoms with E-state index in [1.807, 2.05) is 31.2 Å². The van der Waals surface area contributed by atoms with Crippen LogP contribution in [-0.2, 0) is 10.3 Å². The van der Waals surface area contributed by atoms with E-state index in [1.54, 1.807) is 11.6 Å². The van der Waals surface area contributed by atoms with Crippen molar-refractivity contribution in [3.8, 4) is 5.69 Å². The van der Waals surface area contributed by atoms with Crippen LogP contribution in [0.3, 0.4) is 0 Å². The van der Waals surface area contributed by atoms with Gasteiger partial charge in [0.1, 0.15) is 5.54 Å². The van der Waals surface area contributed by atoms with Crippen LogP contribution in [0.4, 0.5) is 0 Å². The zero-order chi connectivity index (χ0) is 16.4. The van der Waals surface area contributed by atoms with Gasteiger partial charge in [-0.05, 0) is 61.1 Å². The molecule has 6 nitrogen and oxygen atoms in total. The number of aromatic nitrogens is 4. The second kappa shape index (κ2) is 6.10. The number of carbonyl (C=O) groups excluding carboxylic acids is 1. The van der Waals surface area contributed by atoms with Crippen LogP contribution in [0.1, 0.15) is 50.9 Å². The molecule has 0 unspecified atom stereocenters. The maximum absolute atomic E-state index is 11.8. The molecule has 122 valence electrons. The number of nitrogens with one attached hydrogen (secondary N) is 1. The van der Waals surface area contributed by atoms with E-state index in [2.05, 4.69) is 27.8 Å². The minimum absolute atomic E-state index is 0.0435. The highest BCUT2D eigenvalue weighted by molar-refractivity contribution is 5.74. The van der Waals surface area contributed by atoms with Crippen molar-refractivity contribution in [3.05, 3.63) is 35.7 Å². The predicted molar refractivity (Wildman–Crippen MR) is 87.0 cm³/mol. The molecule has 0 aliphatic heterocycles. The quantitative estimate of drug-likeness (QED) is 0.945. The average molecular weight is 313 g/mol. The molecular formula is C17H23N5O. The summed E-state index contributed by atoms with van der Waals surface area (Å²) in [6.07, 6.45) is 3.84. The normalized spacial score (nSPS) is 24.4. The third kappa shape index (κ3) is 3.11. The summed E-state index contributed by atoms with van der Waals surface area (Å²) >= 11 is 0. The van der Waals surface area contributed by atoms with Gasteiger partial charge in [0, 0.05) is 6.92 Å². The molecule has 0 saturated heterocycles. The summed E-state index contributed by atoms with van der Waals surface area (Å²) in [6.45, 7) is 5.85. The van der Waals surface area contributed by atoms with E-state index in [0.717, 1.165) is 37.2 Å². The van der Waals surface area contributed by atoms with Crippen LogP contribution in [0.15, 0.2) is 24.3 Å². The highest BCUT2D eigenvalue weighted by atomic mass is 16.1. The number of tetrazole rings is 1. The fourth-order valence-corrected chi connectivity index (χ4v) is 3.34. The molecule has 1 aliphatic rings. The van der Waals surface area contributed by atoms with Gasteiger partial charge >= 0.3 is 0 Å². The Morgan fingerprint density at radius 2 is 1.91 bits per heavy atom. The first kappa shape index (κ1) is 15.6. The van der Waals surface area contributed by atoms with Gasteiger partial charge in [-0.15, -0.1) is 5.10 Å². The lowest BCUT2D eigenvalue weighted by atomic mass is 9.76. The fourth-order valence-electron chi connectivity index (χ4n) is 3.34. The monoisotopic (exact) mass is 313 g/mol. The Morgan fingerprint density at radius 1 is 1.26 bits per heavy atom. The van der Waals surface area contributed by atoms with Gasteiger partial charge in [-0.1, -0.05) is 24.6 Å². The number of hydrogen-bond acceptors (Lipinski definition) is 4. The van der Waals surface area contributed by atoms with Crippen molar-refractivity contribution in [3.63, 3.8) is 0 Å². The molecule has 1 N–H and O–H groups in total. The first-order chi connectivity index (χ1) is 11.0. The number of aryl methyl sites for hydroxylation is 1. The highest BCUT2D eigenvalue weighted by Crippen LogP contribution is 2.39. The summed E-state index contributed by atoms with van der Waals surface area (Å²) < 4.78 is 1.76. The van der Waals surface area contributed by atoms with Gasteiger partial charge in [-0.25, -0.2) is 0 Å². The smallest absolute Gasteiger partial charge is 0.217 e. The molecule has 0 atom stereocenters. The summed E-state index contributed by atoms with van der Waals surface area (Å²) in [7, 11) is 0. The van der Waals surface area contributed by atoms with E-state index in [9.17, 15) is 4.79 Å². The third-order valence-corrected chi connectivity index (χ3v) is 4.72. The summed E-state index contributed by atoms with van der Waals surface area (Å²) in [6, 6.07) is 8.08. The zero-order valence-corrected chi connectivity index (χ0v) is 13.9. The van der Waals surface area contributed by atoms with Crippen LogP contribution in [0, 0.1) is 12.8 Å². The van der Waals surface area contributed by atoms with Gasteiger partial charge in [0.15, 0.2) is 5.82 Å². The minimum Gasteiger partial charge on any atom is -0.344 e. The second-order valence-electron chi connectivity index (χ2n) is 6.70. The molecule has 23 heavy (non-hydrogen) atoms. The summed E-state index contributed by atoms with van der Waals surface area (Å²) in [5, 5.41) is 15.5. The van der Waals surface area contributed by atoms with E-state index in [0.29, 0.717) is 5.92 Å². The van der Waals surface area contributed by atoms with Crippen LogP contribution >= 0.6 is 0 Å². The maximum Gasteiger partial charge on any atom is 0.217 e. The van der Waals surface area contributed by atoms with Gasteiger partial charge in [-0.3, -0.25) is 4.79 Å². The molecular weight excluding hydrogens is 290 g/mol. The summed E-state index contributed by atoms with van der Waals surface area (Å²) in [5.74, 6) is 1.35. The number of nitrogens with zero attached hydrogens (tertiary/aromatic N) is 4. The first-order valence-electron chi connectivity index (χ1n) is 8.15. The Morgan fingerprint density at radius 3 is 2.52 bits per heavy atom. The molecule has 1 fully saturated rings. The lowest BCUT2D eigenvalue weighted by Crippen LogP contribution is -2.49. The Labute approximate surface area is 136 Å². The van der Waals surface area contributed by atoms with Crippen molar-refractivity contribution in [2.45, 2.75) is 52.0 Å². The Bertz CT molecular complexity index is 683. The van der Waals surface area contributed by atoms with Gasteiger partial charge in [0.05, 0.1) is 5.69 Å². The minimum atomic E-state index is -0.479. The highest BCUT2D eigenvalue weighted by Gasteiger charge is 2.41. The standard InChI is InChI=1S/C17H23N5O/c1-12-4-6-15(7-5-12)22-16(19-20-21-22)17(18-14(3)23)10-8-13(2)9-11-17/h4-7,13H,8-11H2,1-3H3,(H,18,23). The Hall–Kier alpha value is -2.24. The van der Waals surface area contributed by atoms with Gasteiger partial charge < -0.3 is 5.32 Å². The van der Waals surface area contributed by atoms with Crippen molar-refractivity contribution < 1.29 is 4.79 Å². The van der Waals surface area contributed by atoms with Crippen molar-refractivity contribution in [2.75, 3.05) is 0 Å². The summed E-state index contributed by atoms with van der Waals surface area (Å²) in [4.78, 5) is 11.8. The molecule has 1 heterocycles. The predicted octanol–water partition coefficient (Wildman–Crippen LogP) is 2.51. The number of carbonyl (C=O) groups is 1. The number of amides is 1. The van der Waals surface area contributed by atoms with E-state index in [-0.39, 0.29) is 5.91 Å². The number of benzene rings is 1. The van der Waals surface area contributed by atoms with Crippen molar-refractivity contribution >= 4 is 5.91 Å². The Kier molecular flexibility index (Phi) is 4.15. The van der Waals surface area contributed by atoms with E-state index in [4.69, 9.17) is 0 Å². The van der Waals surface area contributed by atoms with Crippen molar-refractivity contribution in [2.24, 2.45) is 5.92 Å².